The first-order valence-electron chi connectivity index (χ1n) is 4.79. The largest absolute Gasteiger partial charge is 0.439 e. The van der Waals surface area contributed by atoms with Crippen LogP contribution in [0.4, 0.5) is 11.4 Å². The van der Waals surface area contributed by atoms with E-state index in [9.17, 15) is 10.1 Å². The third-order valence-corrected chi connectivity index (χ3v) is 2.03. The van der Waals surface area contributed by atoms with Crippen LogP contribution in [-0.4, -0.2) is 9.91 Å². The third-order valence-electron chi connectivity index (χ3n) is 2.03. The van der Waals surface area contributed by atoms with Gasteiger partial charge in [-0.2, -0.15) is 0 Å². The zero-order valence-electron chi connectivity index (χ0n) is 8.74. The molecule has 1 aromatic heterocycles. The predicted molar refractivity (Wildman–Crippen MR) is 61.8 cm³/mol. The number of nitrogens with zero attached hydrogens (tertiary/aromatic N) is 2. The van der Waals surface area contributed by atoms with Gasteiger partial charge in [0.15, 0.2) is 0 Å². The Hall–Kier alpha value is -2.63. The van der Waals surface area contributed by atoms with Crippen molar-refractivity contribution in [2.24, 2.45) is 0 Å². The van der Waals surface area contributed by atoms with Gasteiger partial charge in [-0.25, -0.2) is 4.98 Å². The molecule has 2 aromatic rings. The maximum atomic E-state index is 10.5. The Labute approximate surface area is 96.8 Å². The van der Waals surface area contributed by atoms with Gasteiger partial charge < -0.3 is 10.5 Å². The van der Waals surface area contributed by atoms with Crippen LogP contribution in [0.3, 0.4) is 0 Å². The summed E-state index contributed by atoms with van der Waals surface area (Å²) >= 11 is 0. The van der Waals surface area contributed by atoms with E-state index in [1.54, 1.807) is 12.1 Å². The Bertz CT molecular complexity index is 540. The van der Waals surface area contributed by atoms with Crippen LogP contribution in [-0.2, 0) is 0 Å². The second-order valence-electron chi connectivity index (χ2n) is 3.28. The molecule has 0 saturated heterocycles. The number of non-ortho nitro benzene ring substituents is 1. The Balaban J connectivity index is 2.16. The summed E-state index contributed by atoms with van der Waals surface area (Å²) in [5.74, 6) is 0.813. The van der Waals surface area contributed by atoms with Crippen molar-refractivity contribution in [2.75, 3.05) is 5.73 Å². The Morgan fingerprint density at radius 2 is 1.94 bits per heavy atom. The zero-order valence-corrected chi connectivity index (χ0v) is 8.74. The van der Waals surface area contributed by atoms with Gasteiger partial charge in [0.2, 0.25) is 5.88 Å². The molecule has 2 N–H and O–H groups in total. The van der Waals surface area contributed by atoms with Crippen molar-refractivity contribution in [2.45, 2.75) is 0 Å². The summed E-state index contributed by atoms with van der Waals surface area (Å²) in [6.45, 7) is 0. The van der Waals surface area contributed by atoms with Crippen LogP contribution >= 0.6 is 0 Å². The van der Waals surface area contributed by atoms with E-state index >= 15 is 0 Å². The highest BCUT2D eigenvalue weighted by Gasteiger charge is 2.05. The lowest BCUT2D eigenvalue weighted by molar-refractivity contribution is -0.384. The average Bonchev–Trinajstić information content (AvgIpc) is 2.29. The number of benzene rings is 1. The van der Waals surface area contributed by atoms with Crippen molar-refractivity contribution in [1.82, 2.24) is 4.98 Å². The molecule has 0 radical (unpaired) electrons. The number of hydrogen-bond acceptors (Lipinski definition) is 5. The summed E-state index contributed by atoms with van der Waals surface area (Å²) in [6.07, 6.45) is 1.52. The van der Waals surface area contributed by atoms with Gasteiger partial charge in [-0.05, 0) is 18.2 Å². The predicted octanol–water partition coefficient (Wildman–Crippen LogP) is 2.36. The number of aromatic nitrogens is 1. The minimum absolute atomic E-state index is 0.0119. The van der Waals surface area contributed by atoms with Gasteiger partial charge >= 0.3 is 0 Å². The molecule has 0 aliphatic rings. The van der Waals surface area contributed by atoms with Crippen LogP contribution < -0.4 is 10.5 Å². The monoisotopic (exact) mass is 231 g/mol. The molecular formula is C11H9N3O3. The van der Waals surface area contributed by atoms with Gasteiger partial charge in [-0.15, -0.1) is 0 Å². The highest BCUT2D eigenvalue weighted by molar-refractivity contribution is 5.42. The first-order valence-corrected chi connectivity index (χ1v) is 4.79. The fourth-order valence-electron chi connectivity index (χ4n) is 1.24. The number of hydrogen-bond donors (Lipinski definition) is 1. The number of nitro benzene ring substituents is 1. The lowest BCUT2D eigenvalue weighted by Crippen LogP contribution is -1.91. The van der Waals surface area contributed by atoms with E-state index in [0.717, 1.165) is 0 Å². The summed E-state index contributed by atoms with van der Waals surface area (Å²) in [4.78, 5) is 13.9. The van der Waals surface area contributed by atoms with E-state index in [-0.39, 0.29) is 5.69 Å². The van der Waals surface area contributed by atoms with Crippen molar-refractivity contribution >= 4 is 11.4 Å². The van der Waals surface area contributed by atoms with Crippen molar-refractivity contribution < 1.29 is 9.66 Å². The molecule has 0 aliphatic heterocycles. The molecule has 0 fully saturated rings. The van der Waals surface area contributed by atoms with Crippen LogP contribution in [0.2, 0.25) is 0 Å². The van der Waals surface area contributed by atoms with Crippen LogP contribution in [0.25, 0.3) is 0 Å². The number of ether oxygens (including phenoxy) is 1. The van der Waals surface area contributed by atoms with E-state index in [4.69, 9.17) is 10.5 Å². The normalized spacial score (nSPS) is 9.88. The first-order chi connectivity index (χ1) is 8.15. The molecule has 1 heterocycles. The van der Waals surface area contributed by atoms with Gasteiger partial charge in [-0.3, -0.25) is 10.1 Å². The SMILES string of the molecule is Nc1ccnc(Oc2ccc([N+](=O)[O-])cc2)c1. The summed E-state index contributed by atoms with van der Waals surface area (Å²) in [6, 6.07) is 8.94. The van der Waals surface area contributed by atoms with Crippen LogP contribution in [0.1, 0.15) is 0 Å². The summed E-state index contributed by atoms with van der Waals surface area (Å²) in [7, 11) is 0. The fourth-order valence-corrected chi connectivity index (χ4v) is 1.24. The van der Waals surface area contributed by atoms with Gasteiger partial charge in [0.1, 0.15) is 5.75 Å². The molecule has 0 unspecified atom stereocenters. The molecule has 86 valence electrons. The fraction of sp³-hybridized carbons (Fsp3) is 0. The third kappa shape index (κ3) is 2.69. The van der Waals surface area contributed by atoms with Gasteiger partial charge in [0.25, 0.3) is 5.69 Å². The van der Waals surface area contributed by atoms with Gasteiger partial charge in [0, 0.05) is 30.1 Å². The molecule has 0 aliphatic carbocycles. The summed E-state index contributed by atoms with van der Waals surface area (Å²) in [5.41, 5.74) is 6.12. The molecule has 0 saturated carbocycles. The molecule has 6 heteroatoms. The molecule has 6 nitrogen and oxygen atoms in total. The summed E-state index contributed by atoms with van der Waals surface area (Å²) < 4.78 is 5.38. The number of nitrogens with two attached hydrogens (primary N) is 1. The second kappa shape index (κ2) is 4.48. The number of nitrogen functional groups attached to an aromatic ring is 1. The number of nitro groups is 1. The lowest BCUT2D eigenvalue weighted by Gasteiger charge is -2.04. The standard InChI is InChI=1S/C11H9N3O3/c12-8-5-6-13-11(7-8)17-10-3-1-9(2-4-10)14(15)16/h1-7H,(H2,12,13). The minimum atomic E-state index is -0.470. The maximum Gasteiger partial charge on any atom is 0.269 e. The first kappa shape index (κ1) is 10.9. The van der Waals surface area contributed by atoms with Gasteiger partial charge in [0.05, 0.1) is 4.92 Å². The highest BCUT2D eigenvalue weighted by atomic mass is 16.6. The Kier molecular flexibility index (Phi) is 2.87. The second-order valence-corrected chi connectivity index (χ2v) is 3.28. The van der Waals surface area contributed by atoms with E-state index in [0.29, 0.717) is 17.3 Å². The van der Waals surface area contributed by atoms with Crippen LogP contribution in [0, 0.1) is 10.1 Å². The summed E-state index contributed by atoms with van der Waals surface area (Å²) in [5, 5.41) is 10.5. The Morgan fingerprint density at radius 1 is 1.24 bits per heavy atom. The molecule has 0 spiro atoms. The molecular weight excluding hydrogens is 222 g/mol. The van der Waals surface area contributed by atoms with Gasteiger partial charge in [-0.1, -0.05) is 0 Å². The van der Waals surface area contributed by atoms with Crippen molar-refractivity contribution in [3.05, 3.63) is 52.7 Å². The van der Waals surface area contributed by atoms with E-state index in [1.165, 1.54) is 30.5 Å². The highest BCUT2D eigenvalue weighted by Crippen LogP contribution is 2.23. The lowest BCUT2D eigenvalue weighted by atomic mass is 10.3. The molecule has 17 heavy (non-hydrogen) atoms. The smallest absolute Gasteiger partial charge is 0.269 e. The molecule has 0 bridgehead atoms. The topological polar surface area (TPSA) is 91.3 Å². The molecule has 2 rings (SSSR count). The molecule has 1 aromatic carbocycles. The van der Waals surface area contributed by atoms with E-state index in [1.807, 2.05) is 0 Å². The quantitative estimate of drug-likeness (QED) is 0.646. The van der Waals surface area contributed by atoms with Crippen molar-refractivity contribution in [1.29, 1.82) is 0 Å². The van der Waals surface area contributed by atoms with Crippen LogP contribution in [0.15, 0.2) is 42.6 Å². The average molecular weight is 231 g/mol. The molecule has 0 atom stereocenters. The van der Waals surface area contributed by atoms with Crippen molar-refractivity contribution in [3.8, 4) is 11.6 Å². The zero-order chi connectivity index (χ0) is 12.3. The maximum absolute atomic E-state index is 10.5. The molecule has 0 amide bonds. The number of pyridine rings is 1. The van der Waals surface area contributed by atoms with E-state index in [2.05, 4.69) is 4.98 Å². The van der Waals surface area contributed by atoms with Crippen LogP contribution in [0.5, 0.6) is 11.6 Å². The van der Waals surface area contributed by atoms with Crippen molar-refractivity contribution in [3.63, 3.8) is 0 Å². The number of rotatable bonds is 3. The minimum Gasteiger partial charge on any atom is -0.439 e. The Morgan fingerprint density at radius 3 is 2.53 bits per heavy atom. The number of anilines is 1. The van der Waals surface area contributed by atoms with E-state index < -0.39 is 4.92 Å².